The van der Waals surface area contributed by atoms with E-state index in [2.05, 4.69) is 4.90 Å². The maximum atomic E-state index is 13.0. The maximum Gasteiger partial charge on any atom is 0.335 e. The lowest BCUT2D eigenvalue weighted by atomic mass is 10.1. The number of halogens is 2. The average molecular weight is 540 g/mol. The van der Waals surface area contributed by atoms with Gasteiger partial charge in [0.05, 0.1) is 10.8 Å². The Morgan fingerprint density at radius 2 is 1.41 bits per heavy atom. The number of hydrogen-bond donors (Lipinski definition) is 4. The highest BCUT2D eigenvalue weighted by molar-refractivity contribution is 7.89. The molecule has 0 saturated carbocycles. The fraction of sp³-hybridized carbons (Fsp3) is 0.320. The summed E-state index contributed by atoms with van der Waals surface area (Å²) in [6.45, 7) is 2.25. The van der Waals surface area contributed by atoms with Crippen LogP contribution in [0.2, 0.25) is 0 Å². The Labute approximate surface area is 214 Å². The molecular weight excluding hydrogens is 512 g/mol. The van der Waals surface area contributed by atoms with E-state index in [1.54, 1.807) is 12.1 Å². The van der Waals surface area contributed by atoms with Crippen molar-refractivity contribution in [2.75, 3.05) is 19.6 Å². The van der Waals surface area contributed by atoms with E-state index in [9.17, 15) is 27.4 Å². The largest absolute Gasteiger partial charge is 0.479 e. The third kappa shape index (κ3) is 9.57. The van der Waals surface area contributed by atoms with E-state index in [-0.39, 0.29) is 17.4 Å². The summed E-state index contributed by atoms with van der Waals surface area (Å²) in [6, 6.07) is 11.4. The first-order valence-electron chi connectivity index (χ1n) is 11.2. The number of carboxylic acids is 2. The minimum atomic E-state index is -2.27. The summed E-state index contributed by atoms with van der Waals surface area (Å²) in [5.41, 5.74) is 0.534. The molecule has 0 bridgehead atoms. The first-order chi connectivity index (χ1) is 17.5. The van der Waals surface area contributed by atoms with Gasteiger partial charge in [0.25, 0.3) is 0 Å². The van der Waals surface area contributed by atoms with Crippen molar-refractivity contribution >= 4 is 28.5 Å². The molecule has 0 spiro atoms. The first kappa shape index (κ1) is 29.9. The van der Waals surface area contributed by atoms with Gasteiger partial charge in [0, 0.05) is 34.9 Å². The molecule has 200 valence electrons. The number of hydrogen-bond acceptors (Lipinski definition) is 7. The Morgan fingerprint density at radius 3 is 1.86 bits per heavy atom. The number of carboxylic acid groups (broad SMARTS) is 2. The lowest BCUT2D eigenvalue weighted by Gasteiger charge is -2.25. The number of aliphatic hydroxyl groups is 2. The highest BCUT2D eigenvalue weighted by Crippen LogP contribution is 2.21. The van der Waals surface area contributed by atoms with Crippen LogP contribution in [0.15, 0.2) is 64.4 Å². The van der Waals surface area contributed by atoms with E-state index < -0.39 is 34.9 Å². The monoisotopic (exact) mass is 539 g/mol. The lowest BCUT2D eigenvalue weighted by molar-refractivity contribution is -0.165. The lowest BCUT2D eigenvalue weighted by Crippen LogP contribution is -2.39. The summed E-state index contributed by atoms with van der Waals surface area (Å²) in [7, 11) is -1.25. The van der Waals surface area contributed by atoms with Gasteiger partial charge < -0.3 is 20.4 Å². The molecule has 37 heavy (non-hydrogen) atoms. The van der Waals surface area contributed by atoms with Crippen LogP contribution in [-0.2, 0) is 20.4 Å². The molecule has 0 amide bonds. The Balaban J connectivity index is 0.000000410. The van der Waals surface area contributed by atoms with Crippen molar-refractivity contribution in [3.63, 3.8) is 0 Å². The highest BCUT2D eigenvalue weighted by atomic mass is 32.2. The quantitative estimate of drug-likeness (QED) is 0.333. The zero-order valence-corrected chi connectivity index (χ0v) is 20.4. The van der Waals surface area contributed by atoms with E-state index in [4.69, 9.17) is 20.4 Å². The average Bonchev–Trinajstić information content (AvgIpc) is 2.88. The fourth-order valence-electron chi connectivity index (χ4n) is 3.29. The Kier molecular flexibility index (Phi) is 11.7. The Morgan fingerprint density at radius 1 is 0.892 bits per heavy atom. The van der Waals surface area contributed by atoms with E-state index >= 15 is 0 Å². The maximum absolute atomic E-state index is 13.0. The number of aliphatic carboxylic acids is 2. The van der Waals surface area contributed by atoms with Gasteiger partial charge in [-0.2, -0.15) is 0 Å². The zero-order chi connectivity index (χ0) is 27.5. The predicted molar refractivity (Wildman–Crippen MR) is 129 cm³/mol. The van der Waals surface area contributed by atoms with E-state index in [1.165, 1.54) is 36.4 Å². The molecular formula is C25H27F2NO8S. The van der Waals surface area contributed by atoms with Crippen LogP contribution in [0.3, 0.4) is 0 Å². The molecule has 0 radical (unpaired) electrons. The van der Waals surface area contributed by atoms with Crippen molar-refractivity contribution in [3.8, 4) is 0 Å². The van der Waals surface area contributed by atoms with E-state index in [1.807, 2.05) is 6.08 Å². The van der Waals surface area contributed by atoms with Crippen LogP contribution in [0, 0.1) is 11.6 Å². The van der Waals surface area contributed by atoms with E-state index in [0.717, 1.165) is 24.4 Å². The topological polar surface area (TPSA) is 152 Å². The molecule has 0 aromatic heterocycles. The van der Waals surface area contributed by atoms with Crippen LogP contribution in [0.25, 0.3) is 0 Å². The van der Waals surface area contributed by atoms with Crippen LogP contribution >= 0.6 is 0 Å². The second-order valence-electron chi connectivity index (χ2n) is 8.04. The third-order valence-corrected chi connectivity index (χ3v) is 6.91. The number of aliphatic hydroxyl groups excluding tert-OH is 2. The van der Waals surface area contributed by atoms with Gasteiger partial charge in [0.15, 0.2) is 18.0 Å². The SMILES string of the molecule is O=C(CCCN1CC=C(S(=O)c2ccc(F)cc2)CC1)c1ccc(F)cc1.O=C(O)C(O)C(O)C(=O)O. The molecule has 9 nitrogen and oxygen atoms in total. The summed E-state index contributed by atoms with van der Waals surface area (Å²) in [5, 5.41) is 32.5. The molecule has 2 aromatic rings. The predicted octanol–water partition coefficient (Wildman–Crippen LogP) is 2.20. The van der Waals surface area contributed by atoms with Crippen molar-refractivity contribution in [2.24, 2.45) is 0 Å². The van der Waals surface area contributed by atoms with Crippen molar-refractivity contribution in [1.82, 2.24) is 4.90 Å². The molecule has 12 heteroatoms. The summed E-state index contributed by atoms with van der Waals surface area (Å²) < 4.78 is 38.4. The Bertz CT molecular complexity index is 1120. The summed E-state index contributed by atoms with van der Waals surface area (Å²) >= 11 is 0. The van der Waals surface area contributed by atoms with Gasteiger partial charge >= 0.3 is 11.9 Å². The molecule has 1 aliphatic rings. The number of carbonyl (C=O) groups excluding carboxylic acids is 1. The standard InChI is InChI=1S/C21H21F2NO2S.C4H6O6/c22-17-5-3-16(4-6-17)21(25)2-1-13-24-14-11-20(12-15-24)27(26)19-9-7-18(23)8-10-19;5-1(3(7)8)2(6)4(9)10/h3-11H,1-2,12-15H2;1-2,5-6H,(H,7,8)(H,9,10). The van der Waals surface area contributed by atoms with E-state index in [0.29, 0.717) is 29.8 Å². The molecule has 2 aromatic carbocycles. The second kappa shape index (κ2) is 14.4. The van der Waals surface area contributed by atoms with Crippen LogP contribution in [0.4, 0.5) is 8.78 Å². The molecule has 1 aliphatic heterocycles. The second-order valence-corrected chi connectivity index (χ2v) is 9.58. The fourth-order valence-corrected chi connectivity index (χ4v) is 4.48. The molecule has 0 fully saturated rings. The number of benzene rings is 2. The van der Waals surface area contributed by atoms with Crippen molar-refractivity contribution in [3.05, 3.63) is 76.7 Å². The molecule has 3 rings (SSSR count). The van der Waals surface area contributed by atoms with Crippen molar-refractivity contribution < 1.29 is 47.8 Å². The molecule has 4 N–H and O–H groups in total. The van der Waals surface area contributed by atoms with Crippen LogP contribution < -0.4 is 0 Å². The Hall–Kier alpha value is -3.32. The van der Waals surface area contributed by atoms with Crippen LogP contribution in [-0.4, -0.2) is 79.1 Å². The molecule has 3 unspecified atom stereocenters. The summed E-state index contributed by atoms with van der Waals surface area (Å²) in [6.07, 6.45) is -0.739. The molecule has 0 aliphatic carbocycles. The first-order valence-corrected chi connectivity index (χ1v) is 12.3. The number of nitrogens with zero attached hydrogens (tertiary/aromatic N) is 1. The minimum absolute atomic E-state index is 0.0145. The van der Waals surface area contributed by atoms with Gasteiger partial charge in [0.1, 0.15) is 11.6 Å². The summed E-state index contributed by atoms with van der Waals surface area (Å²) in [5.74, 6) is -4.21. The third-order valence-electron chi connectivity index (χ3n) is 5.37. The number of rotatable bonds is 10. The van der Waals surface area contributed by atoms with Gasteiger partial charge in [-0.1, -0.05) is 6.08 Å². The minimum Gasteiger partial charge on any atom is -0.479 e. The van der Waals surface area contributed by atoms with Gasteiger partial charge in [-0.05, 0) is 67.9 Å². The van der Waals surface area contributed by atoms with Gasteiger partial charge in [0.2, 0.25) is 0 Å². The molecule has 3 atom stereocenters. The molecule has 0 saturated heterocycles. The van der Waals surface area contributed by atoms with Gasteiger partial charge in [-0.25, -0.2) is 22.6 Å². The van der Waals surface area contributed by atoms with Crippen LogP contribution in [0.5, 0.6) is 0 Å². The number of ketones is 1. The van der Waals surface area contributed by atoms with Crippen molar-refractivity contribution in [1.29, 1.82) is 0 Å². The number of carbonyl (C=O) groups is 3. The molecule has 1 heterocycles. The van der Waals surface area contributed by atoms with Gasteiger partial charge in [-0.15, -0.1) is 0 Å². The number of Topliss-reactive ketones (excluding diaryl/α,β-unsaturated/α-hetero) is 1. The van der Waals surface area contributed by atoms with Crippen LogP contribution in [0.1, 0.15) is 29.6 Å². The normalized spacial score (nSPS) is 15.9. The van der Waals surface area contributed by atoms with Gasteiger partial charge in [-0.3, -0.25) is 9.69 Å². The van der Waals surface area contributed by atoms with Crippen molar-refractivity contribution in [2.45, 2.75) is 36.4 Å². The highest BCUT2D eigenvalue weighted by Gasteiger charge is 2.29. The summed E-state index contributed by atoms with van der Waals surface area (Å²) in [4.78, 5) is 35.3. The smallest absolute Gasteiger partial charge is 0.335 e. The zero-order valence-electron chi connectivity index (χ0n) is 19.6.